The van der Waals surface area contributed by atoms with Crippen molar-refractivity contribution in [3.63, 3.8) is 0 Å². The second kappa shape index (κ2) is 4.03. The average molecular weight is 252 g/mol. The molecule has 0 saturated heterocycles. The third-order valence-electron chi connectivity index (χ3n) is 2.24. The summed E-state index contributed by atoms with van der Waals surface area (Å²) in [7, 11) is 0. The van der Waals surface area contributed by atoms with Crippen molar-refractivity contribution in [3.8, 4) is 0 Å². The van der Waals surface area contributed by atoms with Gasteiger partial charge in [0.05, 0.1) is 11.3 Å². The minimum Gasteiger partial charge on any atom is -0.478 e. The largest absolute Gasteiger partial charge is 0.478 e. The van der Waals surface area contributed by atoms with Crippen molar-refractivity contribution in [2.75, 3.05) is 4.90 Å². The molecule has 1 aromatic rings. The van der Waals surface area contributed by atoms with Crippen LogP contribution in [0.25, 0.3) is 0 Å². The number of amides is 2. The average Bonchev–Trinajstić information content (AvgIpc) is 2.59. The molecule has 0 aromatic heterocycles. The van der Waals surface area contributed by atoms with E-state index in [2.05, 4.69) is 0 Å². The lowest BCUT2D eigenvalue weighted by Crippen LogP contribution is -2.31. The first-order chi connectivity index (χ1) is 8.00. The monoisotopic (exact) mass is 251 g/mol. The number of hydrogen-bond donors (Lipinski definition) is 1. The fraction of sp³-hybridized carbons (Fsp3) is 0. The van der Waals surface area contributed by atoms with Crippen molar-refractivity contribution < 1.29 is 19.5 Å². The van der Waals surface area contributed by atoms with E-state index >= 15 is 0 Å². The third-order valence-corrected chi connectivity index (χ3v) is 2.47. The first-order valence-electron chi connectivity index (χ1n) is 4.59. The van der Waals surface area contributed by atoms with Gasteiger partial charge in [-0.2, -0.15) is 0 Å². The molecule has 0 saturated carbocycles. The van der Waals surface area contributed by atoms with E-state index in [9.17, 15) is 14.4 Å². The number of anilines is 1. The summed E-state index contributed by atoms with van der Waals surface area (Å²) < 4.78 is 0. The summed E-state index contributed by atoms with van der Waals surface area (Å²) in [5, 5.41) is 9.22. The normalized spacial score (nSPS) is 14.5. The fourth-order valence-electron chi connectivity index (χ4n) is 1.51. The molecule has 86 valence electrons. The van der Waals surface area contributed by atoms with Gasteiger partial charge in [-0.3, -0.25) is 9.59 Å². The minimum atomic E-state index is -1.25. The summed E-state index contributed by atoms with van der Waals surface area (Å²) in [6, 6.07) is 3.94. The standard InChI is InChI=1S/C11H6ClNO4/c12-6-1-2-8(7(5-6)11(16)17)13-9(14)3-4-10(13)15/h1-5H,(H,16,17). The number of rotatable bonds is 2. The molecule has 1 aromatic carbocycles. The van der Waals surface area contributed by atoms with E-state index in [1.165, 1.54) is 18.2 Å². The third kappa shape index (κ3) is 1.92. The van der Waals surface area contributed by atoms with Crippen LogP contribution in [0.1, 0.15) is 10.4 Å². The molecule has 2 amide bonds. The van der Waals surface area contributed by atoms with Crippen LogP contribution < -0.4 is 4.90 Å². The van der Waals surface area contributed by atoms with Crippen molar-refractivity contribution in [1.29, 1.82) is 0 Å². The SMILES string of the molecule is O=C(O)c1cc(Cl)ccc1N1C(=O)C=CC1=O. The number of carbonyl (C=O) groups excluding carboxylic acids is 2. The van der Waals surface area contributed by atoms with E-state index in [-0.39, 0.29) is 16.3 Å². The lowest BCUT2D eigenvalue weighted by molar-refractivity contribution is -0.119. The summed E-state index contributed by atoms with van der Waals surface area (Å²) in [5.74, 6) is -2.39. The predicted molar refractivity (Wildman–Crippen MR) is 60.0 cm³/mol. The Labute approximate surface area is 101 Å². The van der Waals surface area contributed by atoms with Crippen LogP contribution in [0.4, 0.5) is 5.69 Å². The van der Waals surface area contributed by atoms with Gasteiger partial charge in [0.25, 0.3) is 11.8 Å². The molecule has 1 N–H and O–H groups in total. The quantitative estimate of drug-likeness (QED) is 0.808. The van der Waals surface area contributed by atoms with Crippen LogP contribution in [0.3, 0.4) is 0 Å². The van der Waals surface area contributed by atoms with Gasteiger partial charge >= 0.3 is 5.97 Å². The Hall–Kier alpha value is -2.14. The number of benzene rings is 1. The van der Waals surface area contributed by atoms with Gasteiger partial charge in [-0.15, -0.1) is 0 Å². The topological polar surface area (TPSA) is 74.7 Å². The van der Waals surface area contributed by atoms with Crippen LogP contribution in [-0.2, 0) is 9.59 Å². The second-order valence-corrected chi connectivity index (χ2v) is 3.75. The van der Waals surface area contributed by atoms with Crippen LogP contribution in [-0.4, -0.2) is 22.9 Å². The molecule has 1 aliphatic rings. The van der Waals surface area contributed by atoms with Gasteiger partial charge in [-0.25, -0.2) is 9.69 Å². The van der Waals surface area contributed by atoms with Gasteiger partial charge in [0.2, 0.25) is 0 Å². The maximum atomic E-state index is 11.4. The summed E-state index contributed by atoms with van der Waals surface area (Å²) >= 11 is 5.67. The zero-order chi connectivity index (χ0) is 12.6. The first-order valence-corrected chi connectivity index (χ1v) is 4.97. The highest BCUT2D eigenvalue weighted by Gasteiger charge is 2.28. The van der Waals surface area contributed by atoms with E-state index in [0.29, 0.717) is 0 Å². The number of carbonyl (C=O) groups is 3. The van der Waals surface area contributed by atoms with Gasteiger partial charge in [0.1, 0.15) is 0 Å². The molecule has 1 heterocycles. The lowest BCUT2D eigenvalue weighted by atomic mass is 10.1. The minimum absolute atomic E-state index is 0.0156. The van der Waals surface area contributed by atoms with Crippen LogP contribution in [0.15, 0.2) is 30.4 Å². The van der Waals surface area contributed by atoms with Crippen LogP contribution >= 0.6 is 11.6 Å². The van der Waals surface area contributed by atoms with Crippen molar-refractivity contribution in [1.82, 2.24) is 0 Å². The molecule has 0 bridgehead atoms. The Morgan fingerprint density at radius 1 is 1.18 bits per heavy atom. The molecule has 0 atom stereocenters. The Morgan fingerprint density at radius 3 is 2.29 bits per heavy atom. The number of carboxylic acids is 1. The summed E-state index contributed by atoms with van der Waals surface area (Å²) in [6.45, 7) is 0. The molecule has 2 rings (SSSR count). The Kier molecular flexibility index (Phi) is 2.69. The molecular weight excluding hydrogens is 246 g/mol. The Balaban J connectivity index is 2.56. The molecule has 5 nitrogen and oxygen atoms in total. The van der Waals surface area contributed by atoms with E-state index < -0.39 is 17.8 Å². The molecule has 0 aliphatic carbocycles. The van der Waals surface area contributed by atoms with E-state index in [4.69, 9.17) is 16.7 Å². The zero-order valence-corrected chi connectivity index (χ0v) is 9.14. The molecule has 6 heteroatoms. The van der Waals surface area contributed by atoms with Crippen molar-refractivity contribution in [2.24, 2.45) is 0 Å². The number of halogens is 1. The highest BCUT2D eigenvalue weighted by molar-refractivity contribution is 6.32. The fourth-order valence-corrected chi connectivity index (χ4v) is 1.68. The van der Waals surface area contributed by atoms with Crippen molar-refractivity contribution >= 4 is 35.1 Å². The number of nitrogens with zero attached hydrogens (tertiary/aromatic N) is 1. The molecule has 0 unspecified atom stereocenters. The molecule has 1 aliphatic heterocycles. The van der Waals surface area contributed by atoms with Crippen molar-refractivity contribution in [2.45, 2.75) is 0 Å². The summed E-state index contributed by atoms with van der Waals surface area (Å²) in [5.41, 5.74) is -0.176. The molecular formula is C11H6ClNO4. The Bertz CT molecular complexity index is 547. The van der Waals surface area contributed by atoms with E-state index in [1.807, 2.05) is 0 Å². The van der Waals surface area contributed by atoms with Crippen LogP contribution in [0.2, 0.25) is 5.02 Å². The van der Waals surface area contributed by atoms with E-state index in [1.54, 1.807) is 0 Å². The number of aromatic carboxylic acids is 1. The highest BCUT2D eigenvalue weighted by Crippen LogP contribution is 2.26. The molecule has 0 spiro atoms. The van der Waals surface area contributed by atoms with Gasteiger partial charge in [0.15, 0.2) is 0 Å². The number of carboxylic acid groups (broad SMARTS) is 1. The number of hydrogen-bond acceptors (Lipinski definition) is 3. The smallest absolute Gasteiger partial charge is 0.337 e. The summed E-state index contributed by atoms with van der Waals surface area (Å²) in [6.07, 6.45) is 2.17. The maximum Gasteiger partial charge on any atom is 0.337 e. The van der Waals surface area contributed by atoms with Gasteiger partial charge in [-0.1, -0.05) is 11.6 Å². The van der Waals surface area contributed by atoms with Gasteiger partial charge in [0, 0.05) is 17.2 Å². The maximum absolute atomic E-state index is 11.4. The van der Waals surface area contributed by atoms with Gasteiger partial charge in [-0.05, 0) is 18.2 Å². The zero-order valence-electron chi connectivity index (χ0n) is 8.38. The predicted octanol–water partition coefficient (Wildman–Crippen LogP) is 1.47. The summed E-state index contributed by atoms with van der Waals surface area (Å²) in [4.78, 5) is 34.7. The van der Waals surface area contributed by atoms with Gasteiger partial charge < -0.3 is 5.11 Å². The second-order valence-electron chi connectivity index (χ2n) is 3.31. The highest BCUT2D eigenvalue weighted by atomic mass is 35.5. The van der Waals surface area contributed by atoms with Crippen molar-refractivity contribution in [3.05, 3.63) is 40.9 Å². The molecule has 17 heavy (non-hydrogen) atoms. The van der Waals surface area contributed by atoms with Crippen LogP contribution in [0, 0.1) is 0 Å². The van der Waals surface area contributed by atoms with E-state index in [0.717, 1.165) is 17.1 Å². The first kappa shape index (κ1) is 11.3. The molecule has 0 radical (unpaired) electrons. The Morgan fingerprint density at radius 2 is 1.76 bits per heavy atom. The number of imide groups is 1. The van der Waals surface area contributed by atoms with Crippen LogP contribution in [0.5, 0.6) is 0 Å². The lowest BCUT2D eigenvalue weighted by Gasteiger charge is -2.16. The molecule has 0 fully saturated rings.